The minimum Gasteiger partial charge on any atom is -0.311 e. The van der Waals surface area contributed by atoms with Gasteiger partial charge in [0.15, 0.2) is 0 Å². The van der Waals surface area contributed by atoms with E-state index >= 15 is 0 Å². The highest BCUT2D eigenvalue weighted by Crippen LogP contribution is 2.22. The van der Waals surface area contributed by atoms with E-state index in [0.717, 1.165) is 0 Å². The third kappa shape index (κ3) is 1.81. The fourth-order valence-electron chi connectivity index (χ4n) is 1.26. The standard InChI is InChI=1S/C10H8N4OS/c1-14-8(2-4-12-14)9(15)13-10-7(6-11)3-5-16-10/h2-5H,1H3,(H,13,15). The van der Waals surface area contributed by atoms with E-state index < -0.39 is 0 Å². The SMILES string of the molecule is Cn1nccc1C(=O)Nc1sccc1C#N. The highest BCUT2D eigenvalue weighted by molar-refractivity contribution is 7.14. The van der Waals surface area contributed by atoms with E-state index in [1.54, 1.807) is 30.8 Å². The van der Waals surface area contributed by atoms with Gasteiger partial charge >= 0.3 is 0 Å². The van der Waals surface area contributed by atoms with Crippen LogP contribution in [-0.4, -0.2) is 15.7 Å². The topological polar surface area (TPSA) is 70.7 Å². The van der Waals surface area contributed by atoms with Gasteiger partial charge in [-0.25, -0.2) is 0 Å². The number of rotatable bonds is 2. The van der Waals surface area contributed by atoms with Crippen LogP contribution in [0.5, 0.6) is 0 Å². The molecule has 16 heavy (non-hydrogen) atoms. The van der Waals surface area contributed by atoms with Crippen LogP contribution in [0, 0.1) is 11.3 Å². The molecule has 1 N–H and O–H groups in total. The summed E-state index contributed by atoms with van der Waals surface area (Å²) in [6, 6.07) is 5.30. The molecule has 0 unspecified atom stereocenters. The van der Waals surface area contributed by atoms with Crippen molar-refractivity contribution >= 4 is 22.2 Å². The maximum atomic E-state index is 11.8. The molecule has 5 nitrogen and oxygen atoms in total. The van der Waals surface area contributed by atoms with Crippen molar-refractivity contribution in [3.8, 4) is 6.07 Å². The zero-order valence-corrected chi connectivity index (χ0v) is 9.28. The summed E-state index contributed by atoms with van der Waals surface area (Å²) < 4.78 is 1.48. The molecule has 2 aromatic heterocycles. The second kappa shape index (κ2) is 4.16. The number of hydrogen-bond acceptors (Lipinski definition) is 4. The highest BCUT2D eigenvalue weighted by Gasteiger charge is 2.12. The number of aromatic nitrogens is 2. The number of hydrogen-bond donors (Lipinski definition) is 1. The van der Waals surface area contributed by atoms with Crippen LogP contribution in [0.2, 0.25) is 0 Å². The van der Waals surface area contributed by atoms with E-state index in [-0.39, 0.29) is 5.91 Å². The Balaban J connectivity index is 2.21. The number of thiophene rings is 1. The van der Waals surface area contributed by atoms with Crippen molar-refractivity contribution in [1.29, 1.82) is 5.26 Å². The first-order valence-electron chi connectivity index (χ1n) is 4.49. The molecule has 2 rings (SSSR count). The number of anilines is 1. The summed E-state index contributed by atoms with van der Waals surface area (Å²) in [4.78, 5) is 11.8. The van der Waals surface area contributed by atoms with Crippen LogP contribution in [0.4, 0.5) is 5.00 Å². The third-order valence-corrected chi connectivity index (χ3v) is 2.90. The number of carbonyl (C=O) groups excluding carboxylic acids is 1. The van der Waals surface area contributed by atoms with Gasteiger partial charge in [0, 0.05) is 13.2 Å². The Morgan fingerprint density at radius 3 is 3.06 bits per heavy atom. The Labute approximate surface area is 95.9 Å². The number of nitrogens with zero attached hydrogens (tertiary/aromatic N) is 3. The van der Waals surface area contributed by atoms with E-state index in [1.807, 2.05) is 6.07 Å². The molecule has 0 fully saturated rings. The average Bonchev–Trinajstić information content (AvgIpc) is 2.86. The molecule has 0 saturated heterocycles. The van der Waals surface area contributed by atoms with Crippen LogP contribution in [0.25, 0.3) is 0 Å². The number of aryl methyl sites for hydroxylation is 1. The van der Waals surface area contributed by atoms with Gasteiger partial charge in [0.25, 0.3) is 5.91 Å². The first kappa shape index (κ1) is 10.4. The summed E-state index contributed by atoms with van der Waals surface area (Å²) >= 11 is 1.32. The van der Waals surface area contributed by atoms with Crippen molar-refractivity contribution in [1.82, 2.24) is 9.78 Å². The van der Waals surface area contributed by atoms with Crippen molar-refractivity contribution in [2.75, 3.05) is 5.32 Å². The van der Waals surface area contributed by atoms with E-state index in [1.165, 1.54) is 16.0 Å². The lowest BCUT2D eigenvalue weighted by Gasteiger charge is -2.02. The van der Waals surface area contributed by atoms with Gasteiger partial charge in [0.1, 0.15) is 16.8 Å². The summed E-state index contributed by atoms with van der Waals surface area (Å²) in [5, 5.41) is 17.7. The monoisotopic (exact) mass is 232 g/mol. The quantitative estimate of drug-likeness (QED) is 0.855. The van der Waals surface area contributed by atoms with Crippen molar-refractivity contribution in [2.45, 2.75) is 0 Å². The van der Waals surface area contributed by atoms with Crippen molar-refractivity contribution in [3.05, 3.63) is 35.0 Å². The van der Waals surface area contributed by atoms with E-state index in [9.17, 15) is 4.79 Å². The summed E-state index contributed by atoms with van der Waals surface area (Å²) in [6.07, 6.45) is 1.55. The maximum absolute atomic E-state index is 11.8. The molecular weight excluding hydrogens is 224 g/mol. The Kier molecular flexibility index (Phi) is 2.70. The van der Waals surface area contributed by atoms with E-state index in [0.29, 0.717) is 16.3 Å². The predicted molar refractivity (Wildman–Crippen MR) is 60.2 cm³/mol. The minimum atomic E-state index is -0.265. The van der Waals surface area contributed by atoms with Gasteiger partial charge in [-0.3, -0.25) is 9.48 Å². The summed E-state index contributed by atoms with van der Waals surface area (Å²) in [7, 11) is 1.69. The smallest absolute Gasteiger partial charge is 0.274 e. The Morgan fingerprint density at radius 2 is 2.44 bits per heavy atom. The molecule has 0 atom stereocenters. The lowest BCUT2D eigenvalue weighted by Crippen LogP contribution is -2.15. The minimum absolute atomic E-state index is 0.265. The molecule has 80 valence electrons. The van der Waals surface area contributed by atoms with Gasteiger partial charge in [-0.05, 0) is 17.5 Å². The molecule has 1 amide bonds. The molecule has 2 aromatic rings. The van der Waals surface area contributed by atoms with Crippen molar-refractivity contribution in [3.63, 3.8) is 0 Å². The number of nitrogens with one attached hydrogen (secondary N) is 1. The molecule has 0 aliphatic carbocycles. The van der Waals surface area contributed by atoms with Crippen molar-refractivity contribution in [2.24, 2.45) is 7.05 Å². The molecule has 0 saturated carbocycles. The highest BCUT2D eigenvalue weighted by atomic mass is 32.1. The Morgan fingerprint density at radius 1 is 1.62 bits per heavy atom. The maximum Gasteiger partial charge on any atom is 0.274 e. The van der Waals surface area contributed by atoms with E-state index in [4.69, 9.17) is 5.26 Å². The summed E-state index contributed by atoms with van der Waals surface area (Å²) in [6.45, 7) is 0. The second-order valence-corrected chi connectivity index (χ2v) is 3.99. The van der Waals surface area contributed by atoms with Gasteiger partial charge in [0.05, 0.1) is 5.56 Å². The largest absolute Gasteiger partial charge is 0.311 e. The summed E-state index contributed by atoms with van der Waals surface area (Å²) in [5.41, 5.74) is 0.929. The Hall–Kier alpha value is -2.13. The van der Waals surface area contributed by atoms with Crippen LogP contribution in [0.1, 0.15) is 16.1 Å². The lowest BCUT2D eigenvalue weighted by molar-refractivity contribution is 0.101. The molecule has 0 bridgehead atoms. The number of amides is 1. The molecule has 2 heterocycles. The third-order valence-electron chi connectivity index (χ3n) is 2.07. The molecule has 0 spiro atoms. The molecule has 0 aliphatic heterocycles. The van der Waals surface area contributed by atoms with Crippen LogP contribution in [0.3, 0.4) is 0 Å². The van der Waals surface area contributed by atoms with Gasteiger partial charge in [0.2, 0.25) is 0 Å². The van der Waals surface area contributed by atoms with Crippen LogP contribution in [-0.2, 0) is 7.05 Å². The van der Waals surface area contributed by atoms with E-state index in [2.05, 4.69) is 10.4 Å². The molecule has 6 heteroatoms. The molecule has 0 radical (unpaired) electrons. The normalized spacial score (nSPS) is 9.75. The number of nitriles is 1. The van der Waals surface area contributed by atoms with Gasteiger partial charge in [-0.15, -0.1) is 11.3 Å². The average molecular weight is 232 g/mol. The fraction of sp³-hybridized carbons (Fsp3) is 0.100. The second-order valence-electron chi connectivity index (χ2n) is 3.07. The molecular formula is C10H8N4OS. The lowest BCUT2D eigenvalue weighted by atomic mass is 10.3. The van der Waals surface area contributed by atoms with Crippen molar-refractivity contribution < 1.29 is 4.79 Å². The summed E-state index contributed by atoms with van der Waals surface area (Å²) in [5.74, 6) is -0.265. The molecule has 0 aromatic carbocycles. The van der Waals surface area contributed by atoms with Gasteiger partial charge in [-0.2, -0.15) is 10.4 Å². The van der Waals surface area contributed by atoms with Crippen LogP contribution < -0.4 is 5.32 Å². The number of carbonyl (C=O) groups is 1. The van der Waals surface area contributed by atoms with Gasteiger partial charge < -0.3 is 5.32 Å². The zero-order chi connectivity index (χ0) is 11.5. The van der Waals surface area contributed by atoms with Crippen LogP contribution >= 0.6 is 11.3 Å². The van der Waals surface area contributed by atoms with Crippen LogP contribution in [0.15, 0.2) is 23.7 Å². The first-order chi connectivity index (χ1) is 7.72. The van der Waals surface area contributed by atoms with Gasteiger partial charge in [-0.1, -0.05) is 0 Å². The molecule has 0 aliphatic rings. The zero-order valence-electron chi connectivity index (χ0n) is 8.47. The fourth-order valence-corrected chi connectivity index (χ4v) is 1.99. The predicted octanol–water partition coefficient (Wildman–Crippen LogP) is 1.61. The first-order valence-corrected chi connectivity index (χ1v) is 5.37. The Bertz CT molecular complexity index is 563.